The molecule has 2 rings (SSSR count). The zero-order valence-electron chi connectivity index (χ0n) is 12.6. The Morgan fingerprint density at radius 2 is 1.83 bits per heavy atom. The number of aliphatic hydroxyl groups excluding tert-OH is 3. The van der Waals surface area contributed by atoms with Crippen LogP contribution in [0.1, 0.15) is 12.5 Å². The molecule has 1 saturated heterocycles. The highest BCUT2D eigenvalue weighted by molar-refractivity contribution is 5.73. The fourth-order valence-electron chi connectivity index (χ4n) is 2.36. The van der Waals surface area contributed by atoms with Crippen molar-refractivity contribution in [2.24, 2.45) is 5.73 Å². The second kappa shape index (κ2) is 7.24. The number of carbonyl (C=O) groups is 1. The lowest BCUT2D eigenvalue weighted by molar-refractivity contribution is -0.271. The van der Waals surface area contributed by atoms with Gasteiger partial charge in [0.2, 0.25) is 6.29 Å². The van der Waals surface area contributed by atoms with Crippen molar-refractivity contribution in [3.63, 3.8) is 0 Å². The minimum absolute atomic E-state index is 0.0122. The van der Waals surface area contributed by atoms with Crippen LogP contribution in [-0.2, 0) is 16.0 Å². The van der Waals surface area contributed by atoms with Gasteiger partial charge in [-0.1, -0.05) is 12.1 Å². The van der Waals surface area contributed by atoms with Crippen molar-refractivity contribution in [3.05, 3.63) is 29.8 Å². The summed E-state index contributed by atoms with van der Waals surface area (Å²) < 4.78 is 10.4. The molecule has 0 radical (unpaired) electrons. The number of hydrogen-bond acceptors (Lipinski definition) is 7. The Morgan fingerprint density at radius 1 is 1.22 bits per heavy atom. The first-order chi connectivity index (χ1) is 10.8. The molecule has 0 aromatic heterocycles. The number of carboxylic acid groups (broad SMARTS) is 1. The van der Waals surface area contributed by atoms with Crippen LogP contribution in [0, 0.1) is 0 Å². The van der Waals surface area contributed by atoms with E-state index in [0.29, 0.717) is 12.2 Å². The SMILES string of the molecule is CC(N)Cc1ccc(OC2OC(C(=O)O)C(O)C(O)C2O)cc1. The van der Waals surface area contributed by atoms with E-state index in [0.717, 1.165) is 5.56 Å². The average molecular weight is 327 g/mol. The van der Waals surface area contributed by atoms with Crippen LogP contribution >= 0.6 is 0 Å². The first-order valence-electron chi connectivity index (χ1n) is 7.23. The van der Waals surface area contributed by atoms with Crippen molar-refractivity contribution >= 4 is 5.97 Å². The second-order valence-corrected chi connectivity index (χ2v) is 5.68. The molecule has 1 aliphatic heterocycles. The zero-order valence-corrected chi connectivity index (χ0v) is 12.6. The molecule has 1 aromatic rings. The van der Waals surface area contributed by atoms with Crippen molar-refractivity contribution in [1.82, 2.24) is 0 Å². The molecule has 0 spiro atoms. The van der Waals surface area contributed by atoms with Gasteiger partial charge in [-0.2, -0.15) is 0 Å². The zero-order chi connectivity index (χ0) is 17.1. The fraction of sp³-hybridized carbons (Fsp3) is 0.533. The van der Waals surface area contributed by atoms with Gasteiger partial charge >= 0.3 is 5.97 Å². The summed E-state index contributed by atoms with van der Waals surface area (Å²) >= 11 is 0. The van der Waals surface area contributed by atoms with Crippen LogP contribution in [0.15, 0.2) is 24.3 Å². The number of nitrogens with two attached hydrogens (primary N) is 1. The maximum Gasteiger partial charge on any atom is 0.335 e. The molecule has 0 amide bonds. The third kappa shape index (κ3) is 4.18. The molecule has 0 aliphatic carbocycles. The number of hydrogen-bond donors (Lipinski definition) is 5. The topological polar surface area (TPSA) is 142 Å². The van der Waals surface area contributed by atoms with E-state index in [4.69, 9.17) is 20.3 Å². The molecule has 0 saturated carbocycles. The number of ether oxygens (including phenoxy) is 2. The molecule has 8 nitrogen and oxygen atoms in total. The predicted octanol–water partition coefficient (Wildman–Crippen LogP) is -1.15. The van der Waals surface area contributed by atoms with Gasteiger partial charge in [-0.15, -0.1) is 0 Å². The first-order valence-corrected chi connectivity index (χ1v) is 7.23. The molecule has 6 atom stereocenters. The van der Waals surface area contributed by atoms with Crippen LogP contribution < -0.4 is 10.5 Å². The lowest BCUT2D eigenvalue weighted by Gasteiger charge is -2.38. The van der Waals surface area contributed by atoms with Gasteiger partial charge in [0.15, 0.2) is 6.10 Å². The first kappa shape index (κ1) is 17.6. The molecule has 1 aromatic carbocycles. The highest BCUT2D eigenvalue weighted by Crippen LogP contribution is 2.25. The van der Waals surface area contributed by atoms with E-state index in [1.807, 2.05) is 6.92 Å². The molecular formula is C15H21NO7. The van der Waals surface area contributed by atoms with Gasteiger partial charge in [-0.05, 0) is 31.0 Å². The summed E-state index contributed by atoms with van der Waals surface area (Å²) in [6, 6.07) is 6.84. The highest BCUT2D eigenvalue weighted by Gasteiger charge is 2.48. The summed E-state index contributed by atoms with van der Waals surface area (Å²) in [5.41, 5.74) is 6.71. The maximum atomic E-state index is 11.0. The second-order valence-electron chi connectivity index (χ2n) is 5.68. The fourth-order valence-corrected chi connectivity index (χ4v) is 2.36. The van der Waals surface area contributed by atoms with Crippen molar-refractivity contribution in [2.75, 3.05) is 0 Å². The minimum Gasteiger partial charge on any atom is -0.479 e. The summed E-state index contributed by atoms with van der Waals surface area (Å²) in [7, 11) is 0. The van der Waals surface area contributed by atoms with Gasteiger partial charge in [0.05, 0.1) is 0 Å². The molecule has 6 unspecified atom stereocenters. The Balaban J connectivity index is 2.07. The number of rotatable bonds is 5. The van der Waals surface area contributed by atoms with Crippen LogP contribution in [0.3, 0.4) is 0 Å². The van der Waals surface area contributed by atoms with Gasteiger partial charge in [0.25, 0.3) is 0 Å². The summed E-state index contributed by atoms with van der Waals surface area (Å²) in [5.74, 6) is -1.13. The van der Waals surface area contributed by atoms with E-state index in [1.165, 1.54) is 0 Å². The smallest absolute Gasteiger partial charge is 0.335 e. The van der Waals surface area contributed by atoms with E-state index in [9.17, 15) is 20.1 Å². The van der Waals surface area contributed by atoms with E-state index in [2.05, 4.69) is 0 Å². The van der Waals surface area contributed by atoms with Crippen molar-refractivity contribution in [3.8, 4) is 5.75 Å². The third-order valence-corrected chi connectivity index (χ3v) is 3.55. The molecule has 1 heterocycles. The van der Waals surface area contributed by atoms with Crippen LogP contribution in [0.25, 0.3) is 0 Å². The standard InChI is InChI=1S/C15H21NO7/c1-7(16)6-8-2-4-9(5-3-8)22-15-12(19)10(17)11(18)13(23-15)14(20)21/h2-5,7,10-13,15,17-19H,6,16H2,1H3,(H,20,21). The van der Waals surface area contributed by atoms with Crippen molar-refractivity contribution in [2.45, 2.75) is 50.1 Å². The van der Waals surface area contributed by atoms with E-state index >= 15 is 0 Å². The van der Waals surface area contributed by atoms with Gasteiger partial charge in [-0.25, -0.2) is 4.79 Å². The highest BCUT2D eigenvalue weighted by atomic mass is 16.7. The van der Waals surface area contributed by atoms with Crippen molar-refractivity contribution < 1.29 is 34.7 Å². The minimum atomic E-state index is -1.74. The number of benzene rings is 1. The molecular weight excluding hydrogens is 306 g/mol. The molecule has 1 fully saturated rings. The van der Waals surface area contributed by atoms with Gasteiger partial charge in [0.1, 0.15) is 24.1 Å². The summed E-state index contributed by atoms with van der Waals surface area (Å²) in [5, 5.41) is 38.2. The van der Waals surface area contributed by atoms with Crippen molar-refractivity contribution in [1.29, 1.82) is 0 Å². The Hall–Kier alpha value is -1.71. The van der Waals surface area contributed by atoms with Crippen LogP contribution in [0.5, 0.6) is 5.75 Å². The number of carboxylic acids is 1. The molecule has 0 bridgehead atoms. The quantitative estimate of drug-likeness (QED) is 0.456. The van der Waals surface area contributed by atoms with Gasteiger partial charge in [0, 0.05) is 6.04 Å². The van der Waals surface area contributed by atoms with Gasteiger partial charge in [-0.3, -0.25) is 0 Å². The Morgan fingerprint density at radius 3 is 2.35 bits per heavy atom. The summed E-state index contributed by atoms with van der Waals surface area (Å²) in [4.78, 5) is 11.0. The average Bonchev–Trinajstić information content (AvgIpc) is 2.48. The number of aliphatic hydroxyl groups is 3. The molecule has 8 heteroatoms. The Labute approximate surface area is 133 Å². The molecule has 1 aliphatic rings. The molecule has 128 valence electrons. The van der Waals surface area contributed by atoms with E-state index < -0.39 is 36.7 Å². The lowest BCUT2D eigenvalue weighted by Crippen LogP contribution is -2.61. The Bertz CT molecular complexity index is 533. The Kier molecular flexibility index (Phi) is 5.55. The summed E-state index contributed by atoms with van der Waals surface area (Å²) in [6.45, 7) is 1.88. The predicted molar refractivity (Wildman–Crippen MR) is 78.7 cm³/mol. The third-order valence-electron chi connectivity index (χ3n) is 3.55. The monoisotopic (exact) mass is 327 g/mol. The van der Waals surface area contributed by atoms with E-state index in [-0.39, 0.29) is 6.04 Å². The number of aliphatic carboxylic acids is 1. The van der Waals surface area contributed by atoms with Crippen LogP contribution in [-0.4, -0.2) is 63.1 Å². The summed E-state index contributed by atoms with van der Waals surface area (Å²) in [6.07, 6.45) is -7.41. The molecule has 23 heavy (non-hydrogen) atoms. The lowest BCUT2D eigenvalue weighted by atomic mass is 9.99. The van der Waals surface area contributed by atoms with Gasteiger partial charge < -0.3 is 35.6 Å². The van der Waals surface area contributed by atoms with Crippen LogP contribution in [0.4, 0.5) is 0 Å². The largest absolute Gasteiger partial charge is 0.479 e. The van der Waals surface area contributed by atoms with Crippen LogP contribution in [0.2, 0.25) is 0 Å². The van der Waals surface area contributed by atoms with E-state index in [1.54, 1.807) is 24.3 Å². The molecule has 6 N–H and O–H groups in total. The normalized spacial score (nSPS) is 32.3. The maximum absolute atomic E-state index is 11.0.